The van der Waals surface area contributed by atoms with E-state index in [1.165, 1.54) is 17.3 Å². The second kappa shape index (κ2) is 4.80. The molecule has 0 amide bonds. The van der Waals surface area contributed by atoms with Crippen molar-refractivity contribution in [2.45, 2.75) is 38.0 Å². The zero-order valence-electron chi connectivity index (χ0n) is 13.1. The van der Waals surface area contributed by atoms with Crippen LogP contribution >= 0.6 is 0 Å². The van der Waals surface area contributed by atoms with Gasteiger partial charge in [-0.25, -0.2) is 4.39 Å². The molecular formula is C17H22FNOSi. The van der Waals surface area contributed by atoms with Crippen LogP contribution in [0.1, 0.15) is 23.2 Å². The lowest BCUT2D eigenvalue weighted by Crippen LogP contribution is -2.39. The third-order valence-corrected chi connectivity index (χ3v) is 7.47. The summed E-state index contributed by atoms with van der Waals surface area (Å²) in [5.41, 5.74) is 3.90. The number of aromatic nitrogens is 1. The van der Waals surface area contributed by atoms with Crippen molar-refractivity contribution in [3.63, 3.8) is 0 Å². The quantitative estimate of drug-likeness (QED) is 0.606. The van der Waals surface area contributed by atoms with Crippen LogP contribution in [0, 0.1) is 11.7 Å². The molecule has 0 unspecified atom stereocenters. The van der Waals surface area contributed by atoms with E-state index in [4.69, 9.17) is 0 Å². The SMILES string of the molecule is Cn1c2c(c3cc(F)ccc31)[C@H]([Si](C)(C)C)[C@@H](C=O)CC2. The van der Waals surface area contributed by atoms with E-state index in [0.717, 1.165) is 30.0 Å². The van der Waals surface area contributed by atoms with Crippen LogP contribution in [0.15, 0.2) is 18.2 Å². The maximum atomic E-state index is 13.8. The van der Waals surface area contributed by atoms with Gasteiger partial charge >= 0.3 is 0 Å². The molecule has 4 heteroatoms. The van der Waals surface area contributed by atoms with E-state index in [1.54, 1.807) is 6.07 Å². The molecule has 3 rings (SSSR count). The molecule has 1 heterocycles. The minimum atomic E-state index is -1.58. The first-order valence-corrected chi connectivity index (χ1v) is 11.1. The normalized spacial score (nSPS) is 22.3. The van der Waals surface area contributed by atoms with Crippen LogP contribution in [0.3, 0.4) is 0 Å². The molecule has 0 N–H and O–H groups in total. The van der Waals surface area contributed by atoms with Crippen molar-refractivity contribution < 1.29 is 9.18 Å². The zero-order valence-corrected chi connectivity index (χ0v) is 14.1. The lowest BCUT2D eigenvalue weighted by molar-refractivity contribution is -0.111. The first-order valence-electron chi connectivity index (χ1n) is 7.56. The highest BCUT2D eigenvalue weighted by atomic mass is 28.3. The van der Waals surface area contributed by atoms with Gasteiger partial charge in [0.05, 0.1) is 8.07 Å². The van der Waals surface area contributed by atoms with Gasteiger partial charge in [0.15, 0.2) is 0 Å². The fourth-order valence-corrected chi connectivity index (χ4v) is 6.77. The van der Waals surface area contributed by atoms with Gasteiger partial charge in [-0.3, -0.25) is 0 Å². The Morgan fingerprint density at radius 2 is 2.05 bits per heavy atom. The largest absolute Gasteiger partial charge is 0.347 e. The highest BCUT2D eigenvalue weighted by Gasteiger charge is 2.41. The Kier molecular flexibility index (Phi) is 3.32. The molecule has 21 heavy (non-hydrogen) atoms. The predicted molar refractivity (Wildman–Crippen MR) is 86.8 cm³/mol. The minimum absolute atomic E-state index is 0.0815. The van der Waals surface area contributed by atoms with Crippen molar-refractivity contribution in [1.82, 2.24) is 4.57 Å². The average molecular weight is 303 g/mol. The summed E-state index contributed by atoms with van der Waals surface area (Å²) >= 11 is 0. The molecule has 2 aromatic rings. The highest BCUT2D eigenvalue weighted by Crippen LogP contribution is 2.45. The third kappa shape index (κ3) is 2.16. The number of nitrogens with zero attached hydrogens (tertiary/aromatic N) is 1. The second-order valence-corrected chi connectivity index (χ2v) is 12.6. The molecule has 0 bridgehead atoms. The second-order valence-electron chi connectivity index (χ2n) is 7.26. The lowest BCUT2D eigenvalue weighted by Gasteiger charge is -2.37. The minimum Gasteiger partial charge on any atom is -0.347 e. The van der Waals surface area contributed by atoms with Crippen molar-refractivity contribution >= 4 is 25.3 Å². The molecular weight excluding hydrogens is 281 g/mol. The van der Waals surface area contributed by atoms with E-state index in [0.29, 0.717) is 0 Å². The van der Waals surface area contributed by atoms with Crippen molar-refractivity contribution in [2.24, 2.45) is 13.0 Å². The predicted octanol–water partition coefficient (Wildman–Crippen LogP) is 4.04. The Morgan fingerprint density at radius 3 is 2.67 bits per heavy atom. The summed E-state index contributed by atoms with van der Waals surface area (Å²) in [4.78, 5) is 11.6. The molecule has 0 saturated heterocycles. The molecule has 0 fully saturated rings. The molecule has 1 aromatic carbocycles. The smallest absolute Gasteiger partial charge is 0.123 e. The molecule has 1 aromatic heterocycles. The summed E-state index contributed by atoms with van der Waals surface area (Å²) in [6.45, 7) is 6.92. The number of carbonyl (C=O) groups excluding carboxylic acids is 1. The fourth-order valence-electron chi connectivity index (χ4n) is 4.05. The number of benzene rings is 1. The summed E-state index contributed by atoms with van der Waals surface area (Å²) in [5.74, 6) is -0.114. The maximum absolute atomic E-state index is 13.8. The molecule has 1 aliphatic carbocycles. The van der Waals surface area contributed by atoms with Gasteiger partial charge in [-0.05, 0) is 42.1 Å². The fraction of sp³-hybridized carbons (Fsp3) is 0.471. The standard InChI is InChI=1S/C17H22FNOSi/c1-19-14-8-6-12(18)9-13(14)16-15(19)7-5-11(10-20)17(16)21(2,3)4/h6,8-11,17H,5,7H2,1-4H3/t11-,17-/m1/s1. The van der Waals surface area contributed by atoms with Crippen LogP contribution in [0.2, 0.25) is 19.6 Å². The number of hydrogen-bond acceptors (Lipinski definition) is 1. The Morgan fingerprint density at radius 1 is 1.33 bits per heavy atom. The molecule has 0 spiro atoms. The van der Waals surface area contributed by atoms with E-state index in [1.807, 2.05) is 6.07 Å². The number of aryl methyl sites for hydroxylation is 1. The zero-order chi connectivity index (χ0) is 15.4. The highest BCUT2D eigenvalue weighted by molar-refractivity contribution is 6.77. The number of rotatable bonds is 2. The van der Waals surface area contributed by atoms with Crippen molar-refractivity contribution in [1.29, 1.82) is 0 Å². The molecule has 1 aliphatic rings. The third-order valence-electron chi connectivity index (χ3n) is 4.89. The van der Waals surface area contributed by atoms with Gasteiger partial charge in [-0.1, -0.05) is 19.6 Å². The summed E-state index contributed by atoms with van der Waals surface area (Å²) in [5, 5.41) is 1.01. The maximum Gasteiger partial charge on any atom is 0.123 e. The molecule has 0 radical (unpaired) electrons. The summed E-state index contributed by atoms with van der Waals surface area (Å²) in [6.07, 6.45) is 2.95. The van der Waals surface area contributed by atoms with Crippen molar-refractivity contribution in [3.05, 3.63) is 35.3 Å². The summed E-state index contributed by atoms with van der Waals surface area (Å²) < 4.78 is 15.9. The van der Waals surface area contributed by atoms with E-state index in [-0.39, 0.29) is 17.3 Å². The number of hydrogen-bond donors (Lipinski definition) is 0. The van der Waals surface area contributed by atoms with E-state index in [9.17, 15) is 9.18 Å². The Balaban J connectivity index is 2.35. The first kappa shape index (κ1) is 14.5. The van der Waals surface area contributed by atoms with Crippen molar-refractivity contribution in [3.8, 4) is 0 Å². The lowest BCUT2D eigenvalue weighted by atomic mass is 9.86. The van der Waals surface area contributed by atoms with Crippen molar-refractivity contribution in [2.75, 3.05) is 0 Å². The summed E-state index contributed by atoms with van der Waals surface area (Å²) in [7, 11) is 0.477. The Bertz CT molecular complexity index is 714. The number of carbonyl (C=O) groups is 1. The average Bonchev–Trinajstić information content (AvgIpc) is 2.69. The van der Waals surface area contributed by atoms with E-state index < -0.39 is 8.07 Å². The van der Waals surface area contributed by atoms with E-state index in [2.05, 4.69) is 31.3 Å². The van der Waals surface area contributed by atoms with Crippen LogP contribution in [-0.2, 0) is 18.3 Å². The molecule has 2 atom stereocenters. The molecule has 112 valence electrons. The van der Waals surface area contributed by atoms with Gasteiger partial charge in [-0.2, -0.15) is 0 Å². The Hall–Kier alpha value is -1.42. The van der Waals surface area contributed by atoms with Gasteiger partial charge in [0.2, 0.25) is 0 Å². The Labute approximate surface area is 126 Å². The van der Waals surface area contributed by atoms with Gasteiger partial charge in [-0.15, -0.1) is 0 Å². The van der Waals surface area contributed by atoms with Crippen LogP contribution in [-0.4, -0.2) is 18.9 Å². The summed E-state index contributed by atoms with van der Waals surface area (Å²) in [6, 6.07) is 5.03. The molecule has 0 aliphatic heterocycles. The van der Waals surface area contributed by atoms with Crippen LogP contribution < -0.4 is 0 Å². The number of halogens is 1. The van der Waals surface area contributed by atoms with Gasteiger partial charge in [0, 0.05) is 29.6 Å². The monoisotopic (exact) mass is 303 g/mol. The topological polar surface area (TPSA) is 22.0 Å². The van der Waals surface area contributed by atoms with Crippen LogP contribution in [0.5, 0.6) is 0 Å². The van der Waals surface area contributed by atoms with Crippen LogP contribution in [0.4, 0.5) is 4.39 Å². The molecule has 2 nitrogen and oxygen atoms in total. The van der Waals surface area contributed by atoms with E-state index >= 15 is 0 Å². The number of aldehydes is 1. The van der Waals surface area contributed by atoms with Gasteiger partial charge in [0.25, 0.3) is 0 Å². The van der Waals surface area contributed by atoms with Gasteiger partial charge < -0.3 is 9.36 Å². The first-order chi connectivity index (χ1) is 9.84. The van der Waals surface area contributed by atoms with Gasteiger partial charge in [0.1, 0.15) is 12.1 Å². The molecule has 0 saturated carbocycles. The number of fused-ring (bicyclic) bond motifs is 3. The van der Waals surface area contributed by atoms with Crippen LogP contribution in [0.25, 0.3) is 10.9 Å².